The minimum Gasteiger partial charge on any atom is -0.481 e. The molecule has 0 saturated heterocycles. The van der Waals surface area contributed by atoms with Crippen LogP contribution in [0.2, 0.25) is 0 Å². The molecular weight excluding hydrogens is 255 g/mol. The molecule has 0 spiro atoms. The number of halogens is 1. The van der Waals surface area contributed by atoms with Gasteiger partial charge in [0.25, 0.3) is 0 Å². The highest BCUT2D eigenvalue weighted by atomic mass is 32.2. The van der Waals surface area contributed by atoms with E-state index in [1.54, 1.807) is 13.0 Å². The number of carboxylic acids is 1. The molecule has 1 heterocycles. The van der Waals surface area contributed by atoms with E-state index in [9.17, 15) is 9.18 Å². The molecule has 0 unspecified atom stereocenters. The summed E-state index contributed by atoms with van der Waals surface area (Å²) in [6, 6.07) is 4.32. The Bertz CT molecular complexity index is 604. The Kier molecular flexibility index (Phi) is 3.76. The van der Waals surface area contributed by atoms with Crippen molar-refractivity contribution in [1.82, 2.24) is 9.97 Å². The summed E-state index contributed by atoms with van der Waals surface area (Å²) in [7, 11) is 0. The third kappa shape index (κ3) is 2.95. The van der Waals surface area contributed by atoms with Crippen LogP contribution in [0.25, 0.3) is 10.9 Å². The molecule has 0 aliphatic rings. The molecule has 0 aliphatic carbocycles. The average Bonchev–Trinajstić information content (AvgIpc) is 2.29. The summed E-state index contributed by atoms with van der Waals surface area (Å²) < 4.78 is 13.2. The van der Waals surface area contributed by atoms with E-state index < -0.39 is 5.97 Å². The zero-order valence-corrected chi connectivity index (χ0v) is 10.5. The van der Waals surface area contributed by atoms with Crippen molar-refractivity contribution in [2.45, 2.75) is 18.4 Å². The zero-order valence-electron chi connectivity index (χ0n) is 9.68. The number of thioether (sulfide) groups is 1. The number of hydrogen-bond acceptors (Lipinski definition) is 4. The van der Waals surface area contributed by atoms with Crippen LogP contribution < -0.4 is 0 Å². The topological polar surface area (TPSA) is 63.1 Å². The Morgan fingerprint density at radius 1 is 1.44 bits per heavy atom. The minimum absolute atomic E-state index is 0.0462. The second-order valence-electron chi connectivity index (χ2n) is 3.73. The fourth-order valence-corrected chi connectivity index (χ4v) is 2.51. The van der Waals surface area contributed by atoms with Crippen molar-refractivity contribution in [2.24, 2.45) is 0 Å². The Morgan fingerprint density at radius 2 is 2.22 bits per heavy atom. The molecule has 18 heavy (non-hydrogen) atoms. The summed E-state index contributed by atoms with van der Waals surface area (Å²) in [5.74, 6) is -0.219. The van der Waals surface area contributed by atoms with Gasteiger partial charge < -0.3 is 5.11 Å². The molecule has 0 fully saturated rings. The van der Waals surface area contributed by atoms with Crippen molar-refractivity contribution < 1.29 is 14.3 Å². The monoisotopic (exact) mass is 266 g/mol. The third-order valence-corrected chi connectivity index (χ3v) is 3.28. The molecule has 0 aliphatic heterocycles. The highest BCUT2D eigenvalue weighted by Gasteiger charge is 2.08. The van der Waals surface area contributed by atoms with Gasteiger partial charge in [-0.1, -0.05) is 0 Å². The lowest BCUT2D eigenvalue weighted by molar-refractivity contribution is -0.136. The Labute approximate surface area is 107 Å². The van der Waals surface area contributed by atoms with E-state index in [4.69, 9.17) is 5.11 Å². The van der Waals surface area contributed by atoms with Crippen LogP contribution in [-0.4, -0.2) is 26.8 Å². The molecule has 1 N–H and O–H groups in total. The Morgan fingerprint density at radius 3 is 2.94 bits per heavy atom. The SMILES string of the molecule is Cc1nc(SCCC(=O)O)c2cc(F)ccc2n1. The quantitative estimate of drug-likeness (QED) is 0.681. The number of nitrogens with zero attached hydrogens (tertiary/aromatic N) is 2. The summed E-state index contributed by atoms with van der Waals surface area (Å²) in [6.45, 7) is 1.75. The van der Waals surface area contributed by atoms with E-state index in [1.165, 1.54) is 23.9 Å². The fourth-order valence-electron chi connectivity index (χ4n) is 1.53. The molecule has 0 atom stereocenters. The van der Waals surface area contributed by atoms with Crippen LogP contribution in [0.5, 0.6) is 0 Å². The average molecular weight is 266 g/mol. The number of fused-ring (bicyclic) bond motifs is 1. The number of carboxylic acid groups (broad SMARTS) is 1. The van der Waals surface area contributed by atoms with E-state index in [2.05, 4.69) is 9.97 Å². The first-order valence-electron chi connectivity index (χ1n) is 5.35. The van der Waals surface area contributed by atoms with Gasteiger partial charge in [-0.2, -0.15) is 0 Å². The highest BCUT2D eigenvalue weighted by molar-refractivity contribution is 7.99. The second kappa shape index (κ2) is 5.30. The highest BCUT2D eigenvalue weighted by Crippen LogP contribution is 2.26. The normalized spacial score (nSPS) is 10.8. The lowest BCUT2D eigenvalue weighted by atomic mass is 10.2. The summed E-state index contributed by atoms with van der Waals surface area (Å²) in [5.41, 5.74) is 0.668. The fraction of sp³-hybridized carbons (Fsp3) is 0.250. The Balaban J connectivity index is 2.35. The molecule has 1 aromatic carbocycles. The smallest absolute Gasteiger partial charge is 0.304 e. The van der Waals surface area contributed by atoms with Gasteiger partial charge in [0.05, 0.1) is 11.9 Å². The maximum Gasteiger partial charge on any atom is 0.304 e. The van der Waals surface area contributed by atoms with E-state index >= 15 is 0 Å². The van der Waals surface area contributed by atoms with Crippen LogP contribution in [0.4, 0.5) is 4.39 Å². The molecule has 0 amide bonds. The number of carbonyl (C=O) groups is 1. The minimum atomic E-state index is -0.858. The largest absolute Gasteiger partial charge is 0.481 e. The molecular formula is C12H11FN2O2S. The van der Waals surface area contributed by atoms with Gasteiger partial charge in [-0.15, -0.1) is 11.8 Å². The molecule has 94 valence electrons. The molecule has 4 nitrogen and oxygen atoms in total. The predicted molar refractivity (Wildman–Crippen MR) is 67.2 cm³/mol. The molecule has 2 rings (SSSR count). The van der Waals surface area contributed by atoms with Gasteiger partial charge in [-0.05, 0) is 25.1 Å². The zero-order chi connectivity index (χ0) is 13.1. The van der Waals surface area contributed by atoms with E-state index in [0.29, 0.717) is 27.5 Å². The van der Waals surface area contributed by atoms with Crippen LogP contribution in [0, 0.1) is 12.7 Å². The summed E-state index contributed by atoms with van der Waals surface area (Å²) in [5, 5.41) is 9.84. The lowest BCUT2D eigenvalue weighted by Gasteiger charge is -2.05. The first kappa shape index (κ1) is 12.8. The van der Waals surface area contributed by atoms with Gasteiger partial charge >= 0.3 is 5.97 Å². The molecule has 0 radical (unpaired) electrons. The van der Waals surface area contributed by atoms with Crippen molar-refractivity contribution in [3.8, 4) is 0 Å². The number of aryl methyl sites for hydroxylation is 1. The third-order valence-electron chi connectivity index (χ3n) is 2.29. The van der Waals surface area contributed by atoms with Gasteiger partial charge in [-0.3, -0.25) is 4.79 Å². The van der Waals surface area contributed by atoms with Crippen molar-refractivity contribution in [3.05, 3.63) is 29.8 Å². The van der Waals surface area contributed by atoms with Gasteiger partial charge in [0.15, 0.2) is 0 Å². The lowest BCUT2D eigenvalue weighted by Crippen LogP contribution is -1.98. The van der Waals surface area contributed by atoms with Gasteiger partial charge in [0, 0.05) is 11.1 Å². The van der Waals surface area contributed by atoms with Crippen molar-refractivity contribution in [3.63, 3.8) is 0 Å². The summed E-state index contributed by atoms with van der Waals surface area (Å²) in [6.07, 6.45) is 0.0462. The molecule has 0 saturated carbocycles. The molecule has 2 aromatic rings. The summed E-state index contributed by atoms with van der Waals surface area (Å²) in [4.78, 5) is 18.9. The number of hydrogen-bond donors (Lipinski definition) is 1. The van der Waals surface area contributed by atoms with Gasteiger partial charge in [-0.25, -0.2) is 14.4 Å². The Hall–Kier alpha value is -1.69. The van der Waals surface area contributed by atoms with Crippen LogP contribution in [0.3, 0.4) is 0 Å². The maximum atomic E-state index is 13.2. The van der Waals surface area contributed by atoms with Gasteiger partial charge in [0.1, 0.15) is 16.7 Å². The number of aliphatic carboxylic acids is 1. The first-order chi connectivity index (χ1) is 8.56. The van der Waals surface area contributed by atoms with E-state index in [0.717, 1.165) is 0 Å². The van der Waals surface area contributed by atoms with Gasteiger partial charge in [0.2, 0.25) is 0 Å². The van der Waals surface area contributed by atoms with E-state index in [1.807, 2.05) is 0 Å². The first-order valence-corrected chi connectivity index (χ1v) is 6.33. The van der Waals surface area contributed by atoms with E-state index in [-0.39, 0.29) is 12.2 Å². The van der Waals surface area contributed by atoms with Crippen LogP contribution in [-0.2, 0) is 4.79 Å². The second-order valence-corrected chi connectivity index (χ2v) is 4.81. The van der Waals surface area contributed by atoms with Crippen molar-refractivity contribution in [1.29, 1.82) is 0 Å². The maximum absolute atomic E-state index is 13.2. The van der Waals surface area contributed by atoms with Crippen molar-refractivity contribution in [2.75, 3.05) is 5.75 Å². The standard InChI is InChI=1S/C12H11FN2O2S/c1-7-14-10-3-2-8(13)6-9(10)12(15-7)18-5-4-11(16)17/h2-3,6H,4-5H2,1H3,(H,16,17). The van der Waals surface area contributed by atoms with Crippen LogP contribution in [0.1, 0.15) is 12.2 Å². The molecule has 1 aromatic heterocycles. The summed E-state index contributed by atoms with van der Waals surface area (Å²) >= 11 is 1.30. The molecule has 0 bridgehead atoms. The number of benzene rings is 1. The molecule has 6 heteroatoms. The predicted octanol–water partition coefficient (Wildman–Crippen LogP) is 2.64. The number of rotatable bonds is 4. The van der Waals surface area contributed by atoms with Crippen LogP contribution in [0.15, 0.2) is 23.2 Å². The van der Waals surface area contributed by atoms with Crippen molar-refractivity contribution >= 4 is 28.6 Å². The van der Waals surface area contributed by atoms with Crippen LogP contribution >= 0.6 is 11.8 Å². The number of aromatic nitrogens is 2.